The second-order valence-corrected chi connectivity index (χ2v) is 6.12. The van der Waals surface area contributed by atoms with E-state index < -0.39 is 0 Å². The molecule has 0 atom stereocenters. The van der Waals surface area contributed by atoms with Crippen molar-refractivity contribution in [3.05, 3.63) is 32.6 Å². The van der Waals surface area contributed by atoms with Gasteiger partial charge in [0.15, 0.2) is 0 Å². The van der Waals surface area contributed by atoms with E-state index in [1.807, 2.05) is 6.26 Å². The lowest BCUT2D eigenvalue weighted by molar-refractivity contribution is 0.0491. The second kappa shape index (κ2) is 5.39. The van der Waals surface area contributed by atoms with Crippen LogP contribution in [0.5, 0.6) is 0 Å². The molecule has 16 heavy (non-hydrogen) atoms. The average molecular weight is 332 g/mol. The SMILES string of the molecule is CC1=COC(C)(C)CC/C=C(\C)C(I)=C1C. The summed E-state index contributed by atoms with van der Waals surface area (Å²) >= 11 is 2.42. The Morgan fingerprint density at radius 2 is 1.81 bits per heavy atom. The molecule has 0 aliphatic carbocycles. The summed E-state index contributed by atoms with van der Waals surface area (Å²) in [6, 6.07) is 0. The summed E-state index contributed by atoms with van der Waals surface area (Å²) in [6.07, 6.45) is 6.35. The van der Waals surface area contributed by atoms with Gasteiger partial charge >= 0.3 is 0 Å². The molecule has 0 N–H and O–H groups in total. The van der Waals surface area contributed by atoms with E-state index in [0.29, 0.717) is 0 Å². The van der Waals surface area contributed by atoms with E-state index in [1.54, 1.807) is 0 Å². The van der Waals surface area contributed by atoms with Crippen molar-refractivity contribution in [1.29, 1.82) is 0 Å². The third-order valence-corrected chi connectivity index (χ3v) is 4.68. The van der Waals surface area contributed by atoms with Crippen LogP contribution in [-0.4, -0.2) is 5.60 Å². The molecule has 0 aromatic heterocycles. The molecule has 0 spiro atoms. The lowest BCUT2D eigenvalue weighted by atomic mass is 9.99. The first kappa shape index (κ1) is 13.8. The molecule has 0 aromatic carbocycles. The normalized spacial score (nSPS) is 25.4. The van der Waals surface area contributed by atoms with E-state index in [1.165, 1.54) is 20.3 Å². The van der Waals surface area contributed by atoms with Crippen LogP contribution in [0.3, 0.4) is 0 Å². The highest BCUT2D eigenvalue weighted by atomic mass is 127. The first-order chi connectivity index (χ1) is 7.33. The Balaban J connectivity index is 3.12. The molecule has 0 saturated heterocycles. The van der Waals surface area contributed by atoms with Gasteiger partial charge < -0.3 is 4.74 Å². The maximum atomic E-state index is 5.84. The van der Waals surface area contributed by atoms with Gasteiger partial charge in [0.1, 0.15) is 5.60 Å². The molecule has 2 heteroatoms. The number of halogens is 1. The third kappa shape index (κ3) is 3.65. The predicted octanol–water partition coefficient (Wildman–Crippen LogP) is 5.13. The van der Waals surface area contributed by atoms with Gasteiger partial charge in [0.25, 0.3) is 0 Å². The van der Waals surface area contributed by atoms with Crippen LogP contribution in [-0.2, 0) is 4.74 Å². The maximum Gasteiger partial charge on any atom is 0.103 e. The minimum absolute atomic E-state index is 0.0684. The lowest BCUT2D eigenvalue weighted by Gasteiger charge is -2.25. The number of allylic oxidation sites excluding steroid dienone is 5. The van der Waals surface area contributed by atoms with Crippen LogP contribution in [0.4, 0.5) is 0 Å². The van der Waals surface area contributed by atoms with Crippen LogP contribution in [0.15, 0.2) is 32.6 Å². The molecule has 90 valence electrons. The van der Waals surface area contributed by atoms with Gasteiger partial charge in [-0.1, -0.05) is 6.08 Å². The van der Waals surface area contributed by atoms with Gasteiger partial charge in [-0.3, -0.25) is 0 Å². The zero-order valence-corrected chi connectivity index (χ0v) is 13.0. The Kier molecular flexibility index (Phi) is 4.65. The molecule has 0 aromatic rings. The largest absolute Gasteiger partial charge is 0.495 e. The molecule has 1 nitrogen and oxygen atoms in total. The first-order valence-corrected chi connectivity index (χ1v) is 6.80. The lowest BCUT2D eigenvalue weighted by Crippen LogP contribution is -2.21. The number of hydrogen-bond acceptors (Lipinski definition) is 1. The van der Waals surface area contributed by atoms with Gasteiger partial charge in [-0.15, -0.1) is 0 Å². The van der Waals surface area contributed by atoms with Crippen LogP contribution in [0.1, 0.15) is 47.5 Å². The standard InChI is InChI=1S/C14H21IO/c1-10-7-6-8-14(4,5)16-9-11(2)12(3)13(10)15/h7,9H,6,8H2,1-5H3/b10-7+,11-9?,13-12?. The fourth-order valence-corrected chi connectivity index (χ4v) is 2.24. The van der Waals surface area contributed by atoms with Crippen LogP contribution < -0.4 is 0 Å². The van der Waals surface area contributed by atoms with Crippen molar-refractivity contribution in [3.8, 4) is 0 Å². The van der Waals surface area contributed by atoms with E-state index in [2.05, 4.69) is 63.3 Å². The molecular formula is C14H21IO. The number of rotatable bonds is 0. The summed E-state index contributed by atoms with van der Waals surface area (Å²) in [5, 5.41) is 0. The highest BCUT2D eigenvalue weighted by Gasteiger charge is 2.18. The Morgan fingerprint density at radius 3 is 2.44 bits per heavy atom. The van der Waals surface area contributed by atoms with Gasteiger partial charge in [-0.25, -0.2) is 0 Å². The van der Waals surface area contributed by atoms with Gasteiger partial charge in [0, 0.05) is 3.58 Å². The molecule has 0 radical (unpaired) electrons. The van der Waals surface area contributed by atoms with Gasteiger partial charge in [0.2, 0.25) is 0 Å². The third-order valence-electron chi connectivity index (χ3n) is 3.02. The molecular weight excluding hydrogens is 311 g/mol. The van der Waals surface area contributed by atoms with Gasteiger partial charge in [-0.2, -0.15) is 0 Å². The summed E-state index contributed by atoms with van der Waals surface area (Å²) in [7, 11) is 0. The van der Waals surface area contributed by atoms with Crippen molar-refractivity contribution >= 4 is 22.6 Å². The van der Waals surface area contributed by atoms with E-state index in [4.69, 9.17) is 4.74 Å². The number of hydrogen-bond donors (Lipinski definition) is 0. The predicted molar refractivity (Wildman–Crippen MR) is 78.6 cm³/mol. The summed E-state index contributed by atoms with van der Waals surface area (Å²) in [6.45, 7) is 10.7. The highest BCUT2D eigenvalue weighted by molar-refractivity contribution is 14.1. The van der Waals surface area contributed by atoms with Gasteiger partial charge in [0.05, 0.1) is 6.26 Å². The summed E-state index contributed by atoms with van der Waals surface area (Å²) in [5.41, 5.74) is 3.84. The number of ether oxygens (including phenoxy) is 1. The van der Waals surface area contributed by atoms with Crippen molar-refractivity contribution < 1.29 is 4.74 Å². The Hall–Kier alpha value is -0.250. The Labute approximate surface area is 113 Å². The summed E-state index contributed by atoms with van der Waals surface area (Å²) in [5.74, 6) is 0. The summed E-state index contributed by atoms with van der Waals surface area (Å²) in [4.78, 5) is 0. The second-order valence-electron chi connectivity index (χ2n) is 5.04. The van der Waals surface area contributed by atoms with Crippen LogP contribution in [0, 0.1) is 0 Å². The fourth-order valence-electron chi connectivity index (χ4n) is 1.59. The van der Waals surface area contributed by atoms with E-state index in [0.717, 1.165) is 12.8 Å². The molecule has 1 rings (SSSR count). The average Bonchev–Trinajstić information content (AvgIpc) is 2.22. The van der Waals surface area contributed by atoms with E-state index >= 15 is 0 Å². The minimum atomic E-state index is -0.0684. The molecule has 0 amide bonds. The molecule has 1 aliphatic heterocycles. The van der Waals surface area contributed by atoms with Crippen molar-refractivity contribution in [2.75, 3.05) is 0 Å². The zero-order chi connectivity index (χ0) is 12.3. The highest BCUT2D eigenvalue weighted by Crippen LogP contribution is 2.29. The molecule has 0 unspecified atom stereocenters. The van der Waals surface area contributed by atoms with E-state index in [-0.39, 0.29) is 5.60 Å². The van der Waals surface area contributed by atoms with Crippen molar-refractivity contribution in [3.63, 3.8) is 0 Å². The smallest absolute Gasteiger partial charge is 0.103 e. The topological polar surface area (TPSA) is 9.23 Å². The van der Waals surface area contributed by atoms with E-state index in [9.17, 15) is 0 Å². The Bertz CT molecular complexity index is 359. The van der Waals surface area contributed by atoms with Crippen molar-refractivity contribution in [1.82, 2.24) is 0 Å². The summed E-state index contributed by atoms with van der Waals surface area (Å²) < 4.78 is 7.19. The fraction of sp³-hybridized carbons (Fsp3) is 0.571. The minimum Gasteiger partial charge on any atom is -0.495 e. The van der Waals surface area contributed by atoms with Crippen LogP contribution in [0.25, 0.3) is 0 Å². The molecule has 1 aliphatic rings. The maximum absolute atomic E-state index is 5.84. The van der Waals surface area contributed by atoms with Crippen molar-refractivity contribution in [2.24, 2.45) is 0 Å². The van der Waals surface area contributed by atoms with Crippen LogP contribution >= 0.6 is 22.6 Å². The zero-order valence-electron chi connectivity index (χ0n) is 10.9. The first-order valence-electron chi connectivity index (χ1n) is 5.72. The molecule has 0 bridgehead atoms. The van der Waals surface area contributed by atoms with Gasteiger partial charge in [-0.05, 0) is 86.8 Å². The Morgan fingerprint density at radius 1 is 1.19 bits per heavy atom. The molecule has 0 fully saturated rings. The van der Waals surface area contributed by atoms with Crippen LogP contribution in [0.2, 0.25) is 0 Å². The molecule has 0 saturated carbocycles. The molecule has 1 heterocycles. The quantitative estimate of drug-likeness (QED) is 0.559. The van der Waals surface area contributed by atoms with Crippen molar-refractivity contribution in [2.45, 2.75) is 53.1 Å². The monoisotopic (exact) mass is 332 g/mol.